The zero-order chi connectivity index (χ0) is 19.1. The maximum atomic E-state index is 11.0. The minimum Gasteiger partial charge on any atom is -0.545 e. The van der Waals surface area contributed by atoms with E-state index in [4.69, 9.17) is 16.3 Å². The summed E-state index contributed by atoms with van der Waals surface area (Å²) < 4.78 is 5.73. The maximum absolute atomic E-state index is 11.0. The molecule has 0 heterocycles. The molecule has 0 saturated heterocycles. The average molecular weight is 380 g/mol. The highest BCUT2D eigenvalue weighted by Crippen LogP contribution is 2.20. The monoisotopic (exact) mass is 379 g/mol. The number of carbonyl (C=O) groups is 1. The third-order valence-corrected chi connectivity index (χ3v) is 4.05. The standard InChI is InChI=1S/C21H17ClN2O3/c22-20-11-8-17(12-19(20)21(25)26)24-23-13-15-6-9-18(10-7-15)27-14-16-4-2-1-3-5-16/h1-13,24H,14H2,(H,25,26)/p-1/b23-13-. The van der Waals surface area contributed by atoms with Gasteiger partial charge in [-0.1, -0.05) is 41.9 Å². The van der Waals surface area contributed by atoms with E-state index in [1.54, 1.807) is 12.3 Å². The van der Waals surface area contributed by atoms with Crippen molar-refractivity contribution < 1.29 is 14.6 Å². The molecule has 0 aromatic heterocycles. The van der Waals surface area contributed by atoms with Crippen LogP contribution < -0.4 is 15.3 Å². The molecular weight excluding hydrogens is 364 g/mol. The minimum absolute atomic E-state index is 0.0863. The zero-order valence-electron chi connectivity index (χ0n) is 14.3. The van der Waals surface area contributed by atoms with Gasteiger partial charge in [-0.25, -0.2) is 0 Å². The van der Waals surface area contributed by atoms with Gasteiger partial charge in [0.25, 0.3) is 0 Å². The number of hydrogen-bond acceptors (Lipinski definition) is 5. The number of hydrazone groups is 1. The van der Waals surface area contributed by atoms with E-state index in [2.05, 4.69) is 10.5 Å². The van der Waals surface area contributed by atoms with Gasteiger partial charge in [0, 0.05) is 10.6 Å². The molecule has 5 nitrogen and oxygen atoms in total. The van der Waals surface area contributed by atoms with E-state index in [1.807, 2.05) is 54.6 Å². The second-order valence-electron chi connectivity index (χ2n) is 5.70. The Bertz CT molecular complexity index is 941. The van der Waals surface area contributed by atoms with Crippen LogP contribution in [0, 0.1) is 0 Å². The fraction of sp³-hybridized carbons (Fsp3) is 0.0476. The molecule has 0 atom stereocenters. The highest BCUT2D eigenvalue weighted by Gasteiger charge is 2.02. The summed E-state index contributed by atoms with van der Waals surface area (Å²) in [7, 11) is 0. The van der Waals surface area contributed by atoms with Crippen LogP contribution in [0.2, 0.25) is 5.02 Å². The first-order valence-electron chi connectivity index (χ1n) is 8.18. The molecule has 0 unspecified atom stereocenters. The highest BCUT2D eigenvalue weighted by molar-refractivity contribution is 6.33. The van der Waals surface area contributed by atoms with Crippen molar-refractivity contribution in [3.05, 3.63) is 94.5 Å². The molecule has 27 heavy (non-hydrogen) atoms. The second kappa shape index (κ2) is 8.87. The Kier molecular flexibility index (Phi) is 6.07. The van der Waals surface area contributed by atoms with Crippen LogP contribution in [0.3, 0.4) is 0 Å². The van der Waals surface area contributed by atoms with Gasteiger partial charge in [-0.05, 0) is 53.6 Å². The van der Waals surface area contributed by atoms with Crippen molar-refractivity contribution in [1.82, 2.24) is 0 Å². The molecule has 0 fully saturated rings. The van der Waals surface area contributed by atoms with Gasteiger partial charge in [-0.2, -0.15) is 5.10 Å². The van der Waals surface area contributed by atoms with E-state index in [0.717, 1.165) is 16.9 Å². The van der Waals surface area contributed by atoms with Gasteiger partial charge in [0.05, 0.1) is 17.9 Å². The van der Waals surface area contributed by atoms with Gasteiger partial charge >= 0.3 is 0 Å². The summed E-state index contributed by atoms with van der Waals surface area (Å²) in [5.74, 6) is -0.570. The highest BCUT2D eigenvalue weighted by atomic mass is 35.5. The Balaban J connectivity index is 1.56. The molecule has 3 rings (SSSR count). The van der Waals surface area contributed by atoms with Crippen molar-refractivity contribution in [2.45, 2.75) is 6.61 Å². The van der Waals surface area contributed by atoms with Gasteiger partial charge in [0.15, 0.2) is 0 Å². The van der Waals surface area contributed by atoms with Gasteiger partial charge < -0.3 is 14.6 Å². The fourth-order valence-corrected chi connectivity index (χ4v) is 2.52. The van der Waals surface area contributed by atoms with E-state index in [0.29, 0.717) is 12.3 Å². The van der Waals surface area contributed by atoms with E-state index >= 15 is 0 Å². The third kappa shape index (κ3) is 5.33. The van der Waals surface area contributed by atoms with Crippen molar-refractivity contribution in [3.8, 4) is 5.75 Å². The first-order valence-corrected chi connectivity index (χ1v) is 8.56. The summed E-state index contributed by atoms with van der Waals surface area (Å²) in [5.41, 5.74) is 5.14. The molecule has 0 aliphatic carbocycles. The molecule has 6 heteroatoms. The molecule has 0 spiro atoms. The normalized spacial score (nSPS) is 10.7. The number of benzene rings is 3. The molecule has 0 bridgehead atoms. The Labute approximate surface area is 161 Å². The lowest BCUT2D eigenvalue weighted by Gasteiger charge is -2.08. The lowest BCUT2D eigenvalue weighted by atomic mass is 10.2. The largest absolute Gasteiger partial charge is 0.545 e. The Hall–Kier alpha value is -3.31. The third-order valence-electron chi connectivity index (χ3n) is 3.72. The van der Waals surface area contributed by atoms with Gasteiger partial charge in [-0.3, -0.25) is 5.43 Å². The molecule has 1 N–H and O–H groups in total. The predicted molar refractivity (Wildman–Crippen MR) is 104 cm³/mol. The molecule has 0 aliphatic rings. The number of aromatic carboxylic acids is 1. The van der Waals surface area contributed by atoms with Crippen molar-refractivity contribution in [3.63, 3.8) is 0 Å². The summed E-state index contributed by atoms with van der Waals surface area (Å²) in [4.78, 5) is 11.0. The number of nitrogens with one attached hydrogen (secondary N) is 1. The van der Waals surface area contributed by atoms with Crippen LogP contribution in [-0.4, -0.2) is 12.2 Å². The minimum atomic E-state index is -1.33. The van der Waals surface area contributed by atoms with E-state index in [-0.39, 0.29) is 10.6 Å². The Morgan fingerprint density at radius 3 is 2.52 bits per heavy atom. The van der Waals surface area contributed by atoms with Crippen molar-refractivity contribution in [1.29, 1.82) is 0 Å². The molecular formula is C21H16ClN2O3-. The van der Waals surface area contributed by atoms with Crippen LogP contribution in [0.25, 0.3) is 0 Å². The molecule has 136 valence electrons. The van der Waals surface area contributed by atoms with Gasteiger partial charge in [0.1, 0.15) is 12.4 Å². The number of rotatable bonds is 7. The average Bonchev–Trinajstić information content (AvgIpc) is 2.69. The fourth-order valence-electron chi connectivity index (χ4n) is 2.32. The van der Waals surface area contributed by atoms with Crippen LogP contribution in [-0.2, 0) is 6.61 Å². The van der Waals surface area contributed by atoms with Crippen molar-refractivity contribution >= 4 is 29.5 Å². The van der Waals surface area contributed by atoms with Crippen LogP contribution in [0.1, 0.15) is 21.5 Å². The van der Waals surface area contributed by atoms with E-state index in [9.17, 15) is 9.90 Å². The topological polar surface area (TPSA) is 73.8 Å². The van der Waals surface area contributed by atoms with Crippen molar-refractivity contribution in [2.24, 2.45) is 5.10 Å². The summed E-state index contributed by atoms with van der Waals surface area (Å²) in [5, 5.41) is 15.2. The summed E-state index contributed by atoms with van der Waals surface area (Å²) >= 11 is 5.80. The van der Waals surface area contributed by atoms with Crippen LogP contribution in [0.5, 0.6) is 5.75 Å². The number of carbonyl (C=O) groups excluding carboxylic acids is 1. The van der Waals surface area contributed by atoms with Gasteiger partial charge in [-0.15, -0.1) is 0 Å². The first kappa shape index (κ1) is 18.5. The SMILES string of the molecule is O=C([O-])c1cc(N/N=C\c2ccc(OCc3ccccc3)cc2)ccc1Cl. The Morgan fingerprint density at radius 2 is 1.81 bits per heavy atom. The number of carboxylic acid groups (broad SMARTS) is 1. The number of ether oxygens (including phenoxy) is 1. The maximum Gasteiger partial charge on any atom is 0.119 e. The van der Waals surface area contributed by atoms with Crippen LogP contribution in [0.4, 0.5) is 5.69 Å². The number of nitrogens with zero attached hydrogens (tertiary/aromatic N) is 1. The number of anilines is 1. The Morgan fingerprint density at radius 1 is 1.07 bits per heavy atom. The summed E-state index contributed by atoms with van der Waals surface area (Å²) in [6.45, 7) is 0.507. The predicted octanol–water partition coefficient (Wildman–Crippen LogP) is 3.73. The van der Waals surface area contributed by atoms with Gasteiger partial charge in [0.2, 0.25) is 0 Å². The first-order chi connectivity index (χ1) is 13.1. The number of carboxylic acids is 1. The molecule has 0 radical (unpaired) electrons. The molecule has 3 aromatic carbocycles. The van der Waals surface area contributed by atoms with Crippen LogP contribution in [0.15, 0.2) is 77.9 Å². The summed E-state index contributed by atoms with van der Waals surface area (Å²) in [6, 6.07) is 21.9. The van der Waals surface area contributed by atoms with E-state index in [1.165, 1.54) is 12.1 Å². The van der Waals surface area contributed by atoms with Crippen molar-refractivity contribution in [2.75, 3.05) is 5.43 Å². The second-order valence-corrected chi connectivity index (χ2v) is 6.10. The quantitative estimate of drug-likeness (QED) is 0.501. The van der Waals surface area contributed by atoms with E-state index < -0.39 is 5.97 Å². The summed E-state index contributed by atoms with van der Waals surface area (Å²) in [6.07, 6.45) is 1.62. The molecule has 0 saturated carbocycles. The lowest BCUT2D eigenvalue weighted by molar-refractivity contribution is -0.255. The smallest absolute Gasteiger partial charge is 0.119 e. The molecule has 0 aliphatic heterocycles. The zero-order valence-corrected chi connectivity index (χ0v) is 15.0. The lowest BCUT2D eigenvalue weighted by Crippen LogP contribution is -2.22. The number of hydrogen-bond donors (Lipinski definition) is 1. The number of halogens is 1. The molecule has 0 amide bonds. The molecule has 3 aromatic rings. The van der Waals surface area contributed by atoms with Crippen LogP contribution >= 0.6 is 11.6 Å².